The fourth-order valence-electron chi connectivity index (χ4n) is 3.42. The number of aryl methyl sites for hydroxylation is 1. The van der Waals surface area contributed by atoms with Crippen LogP contribution in [0.15, 0.2) is 53.3 Å². The number of carbonyl (C=O) groups is 1. The molecule has 1 N–H and O–H groups in total. The molecule has 2 heterocycles. The third kappa shape index (κ3) is 3.48. The van der Waals surface area contributed by atoms with E-state index in [0.717, 1.165) is 19.4 Å². The second kappa shape index (κ2) is 7.32. The van der Waals surface area contributed by atoms with Crippen LogP contribution in [0, 0.1) is 6.92 Å². The molecule has 0 unspecified atom stereocenters. The number of para-hydroxylation sites is 1. The summed E-state index contributed by atoms with van der Waals surface area (Å²) < 4.78 is 7.08. The summed E-state index contributed by atoms with van der Waals surface area (Å²) in [6.45, 7) is 3.09. The van der Waals surface area contributed by atoms with Crippen molar-refractivity contribution in [1.29, 1.82) is 0 Å². The van der Waals surface area contributed by atoms with Crippen molar-refractivity contribution in [2.24, 2.45) is 0 Å². The maximum Gasteiger partial charge on any atom is 0.265 e. The Morgan fingerprint density at radius 2 is 2.00 bits per heavy atom. The average Bonchev–Trinajstić information content (AvgIpc) is 3.20. The van der Waals surface area contributed by atoms with Crippen molar-refractivity contribution in [1.82, 2.24) is 14.9 Å². The monoisotopic (exact) mass is 363 g/mol. The molecule has 6 heteroatoms. The van der Waals surface area contributed by atoms with Gasteiger partial charge in [-0.25, -0.2) is 4.98 Å². The molecule has 0 spiro atoms. The highest BCUT2D eigenvalue weighted by atomic mass is 16.5. The van der Waals surface area contributed by atoms with Crippen LogP contribution in [-0.4, -0.2) is 34.7 Å². The molecule has 1 fully saturated rings. The molecule has 1 atom stereocenters. The van der Waals surface area contributed by atoms with E-state index in [1.165, 1.54) is 0 Å². The predicted octanol–water partition coefficient (Wildman–Crippen LogP) is 2.60. The fourth-order valence-corrected chi connectivity index (χ4v) is 3.42. The Bertz CT molecular complexity index is 1030. The van der Waals surface area contributed by atoms with Gasteiger partial charge < -0.3 is 10.1 Å². The van der Waals surface area contributed by atoms with Crippen molar-refractivity contribution in [3.63, 3.8) is 0 Å². The second-order valence-corrected chi connectivity index (χ2v) is 6.71. The molecule has 1 aliphatic heterocycles. The number of nitrogens with zero attached hydrogens (tertiary/aromatic N) is 2. The number of carbonyl (C=O) groups excluding carboxylic acids is 1. The number of amides is 1. The molecule has 6 nitrogen and oxygen atoms in total. The average molecular weight is 363 g/mol. The molecule has 1 aromatic heterocycles. The van der Waals surface area contributed by atoms with Crippen LogP contribution in [0.3, 0.4) is 0 Å². The molecular weight excluding hydrogens is 342 g/mol. The predicted molar refractivity (Wildman–Crippen MR) is 103 cm³/mol. The minimum atomic E-state index is -0.141. The first-order valence-electron chi connectivity index (χ1n) is 9.12. The lowest BCUT2D eigenvalue weighted by Crippen LogP contribution is -2.31. The number of rotatable bonds is 4. The van der Waals surface area contributed by atoms with Gasteiger partial charge in [-0.05, 0) is 56.2 Å². The first-order chi connectivity index (χ1) is 13.1. The maximum atomic E-state index is 12.8. The van der Waals surface area contributed by atoms with Gasteiger partial charge in [0.05, 0.1) is 22.7 Å². The number of benzene rings is 2. The summed E-state index contributed by atoms with van der Waals surface area (Å²) in [5.74, 6) is 0.465. The summed E-state index contributed by atoms with van der Waals surface area (Å²) in [5.41, 5.74) is 1.80. The zero-order chi connectivity index (χ0) is 18.8. The highest BCUT2D eigenvalue weighted by Crippen LogP contribution is 2.14. The third-order valence-electron chi connectivity index (χ3n) is 4.85. The van der Waals surface area contributed by atoms with E-state index >= 15 is 0 Å². The molecule has 1 saturated heterocycles. The van der Waals surface area contributed by atoms with Gasteiger partial charge in [-0.15, -0.1) is 0 Å². The summed E-state index contributed by atoms with van der Waals surface area (Å²) in [5, 5.41) is 3.47. The topological polar surface area (TPSA) is 73.2 Å². The van der Waals surface area contributed by atoms with Crippen LogP contribution >= 0.6 is 0 Å². The Kier molecular flexibility index (Phi) is 4.73. The van der Waals surface area contributed by atoms with Crippen molar-refractivity contribution in [3.8, 4) is 5.69 Å². The number of fused-ring (bicyclic) bond motifs is 1. The zero-order valence-corrected chi connectivity index (χ0v) is 15.1. The van der Waals surface area contributed by atoms with Gasteiger partial charge in [-0.3, -0.25) is 14.2 Å². The Morgan fingerprint density at radius 1 is 1.22 bits per heavy atom. The molecule has 138 valence electrons. The van der Waals surface area contributed by atoms with Gasteiger partial charge in [-0.1, -0.05) is 12.1 Å². The van der Waals surface area contributed by atoms with Crippen LogP contribution in [0.1, 0.15) is 29.0 Å². The van der Waals surface area contributed by atoms with Crippen molar-refractivity contribution < 1.29 is 9.53 Å². The van der Waals surface area contributed by atoms with E-state index < -0.39 is 0 Å². The Balaban J connectivity index is 1.58. The highest BCUT2D eigenvalue weighted by molar-refractivity contribution is 5.94. The van der Waals surface area contributed by atoms with E-state index in [9.17, 15) is 9.59 Å². The van der Waals surface area contributed by atoms with Crippen LogP contribution in [0.5, 0.6) is 0 Å². The molecule has 2 aromatic carbocycles. The molecule has 0 bridgehead atoms. The molecule has 4 rings (SSSR count). The van der Waals surface area contributed by atoms with E-state index in [0.29, 0.717) is 34.5 Å². The van der Waals surface area contributed by atoms with Gasteiger partial charge in [0.25, 0.3) is 11.5 Å². The van der Waals surface area contributed by atoms with Crippen LogP contribution in [-0.2, 0) is 4.74 Å². The Labute approximate surface area is 156 Å². The van der Waals surface area contributed by atoms with Gasteiger partial charge >= 0.3 is 0 Å². The SMILES string of the molecule is Cc1nc2ccccc2c(=O)n1-c1ccc(C(=O)NC[C@H]2CCCO2)cc1. The van der Waals surface area contributed by atoms with Crippen molar-refractivity contribution in [2.75, 3.05) is 13.2 Å². The quantitative estimate of drug-likeness (QED) is 0.773. The van der Waals surface area contributed by atoms with Crippen LogP contribution < -0.4 is 10.9 Å². The van der Waals surface area contributed by atoms with Crippen LogP contribution in [0.4, 0.5) is 0 Å². The first kappa shape index (κ1) is 17.4. The van der Waals surface area contributed by atoms with Crippen molar-refractivity contribution >= 4 is 16.8 Å². The second-order valence-electron chi connectivity index (χ2n) is 6.71. The van der Waals surface area contributed by atoms with Gasteiger partial charge in [0, 0.05) is 18.7 Å². The van der Waals surface area contributed by atoms with E-state index in [-0.39, 0.29) is 17.6 Å². The van der Waals surface area contributed by atoms with Crippen LogP contribution in [0.25, 0.3) is 16.6 Å². The van der Waals surface area contributed by atoms with E-state index in [1.54, 1.807) is 41.8 Å². The standard InChI is InChI=1S/C21H21N3O3/c1-14-23-19-7-3-2-6-18(19)21(26)24(14)16-10-8-15(9-11-16)20(25)22-13-17-5-4-12-27-17/h2-3,6-11,17H,4-5,12-13H2,1H3,(H,22,25)/t17-/m1/s1. The van der Waals surface area contributed by atoms with Crippen LogP contribution in [0.2, 0.25) is 0 Å². The lowest BCUT2D eigenvalue weighted by molar-refractivity contribution is 0.0858. The fraction of sp³-hybridized carbons (Fsp3) is 0.286. The highest BCUT2D eigenvalue weighted by Gasteiger charge is 2.17. The summed E-state index contributed by atoms with van der Waals surface area (Å²) in [6, 6.07) is 14.3. The number of ether oxygens (including phenoxy) is 1. The normalized spacial score (nSPS) is 16.6. The maximum absolute atomic E-state index is 12.8. The van der Waals surface area contributed by atoms with E-state index in [2.05, 4.69) is 10.3 Å². The summed E-state index contributed by atoms with van der Waals surface area (Å²) >= 11 is 0. The van der Waals surface area contributed by atoms with Gasteiger partial charge in [-0.2, -0.15) is 0 Å². The minimum Gasteiger partial charge on any atom is -0.376 e. The number of nitrogens with one attached hydrogen (secondary N) is 1. The number of hydrogen-bond donors (Lipinski definition) is 1. The smallest absolute Gasteiger partial charge is 0.265 e. The van der Waals surface area contributed by atoms with Gasteiger partial charge in [0.15, 0.2) is 0 Å². The molecule has 0 radical (unpaired) electrons. The minimum absolute atomic E-state index is 0.109. The molecule has 0 aliphatic carbocycles. The first-order valence-corrected chi connectivity index (χ1v) is 9.12. The summed E-state index contributed by atoms with van der Waals surface area (Å²) in [7, 11) is 0. The molecule has 1 aliphatic rings. The largest absolute Gasteiger partial charge is 0.376 e. The number of aromatic nitrogens is 2. The molecule has 0 saturated carbocycles. The van der Waals surface area contributed by atoms with Gasteiger partial charge in [0.2, 0.25) is 0 Å². The van der Waals surface area contributed by atoms with Crippen molar-refractivity contribution in [2.45, 2.75) is 25.9 Å². The Hall–Kier alpha value is -2.99. The van der Waals surface area contributed by atoms with Gasteiger partial charge in [0.1, 0.15) is 5.82 Å². The Morgan fingerprint density at radius 3 is 2.74 bits per heavy atom. The molecular formula is C21H21N3O3. The lowest BCUT2D eigenvalue weighted by atomic mass is 10.1. The summed E-state index contributed by atoms with van der Waals surface area (Å²) in [6.07, 6.45) is 2.14. The molecule has 27 heavy (non-hydrogen) atoms. The molecule has 1 amide bonds. The van der Waals surface area contributed by atoms with Crippen molar-refractivity contribution in [3.05, 3.63) is 70.3 Å². The van der Waals surface area contributed by atoms with E-state index in [4.69, 9.17) is 4.74 Å². The lowest BCUT2D eigenvalue weighted by Gasteiger charge is -2.13. The zero-order valence-electron chi connectivity index (χ0n) is 15.1. The third-order valence-corrected chi connectivity index (χ3v) is 4.85. The summed E-state index contributed by atoms with van der Waals surface area (Å²) in [4.78, 5) is 29.7. The van der Waals surface area contributed by atoms with E-state index in [1.807, 2.05) is 18.2 Å². The molecule has 3 aromatic rings. The number of hydrogen-bond acceptors (Lipinski definition) is 4.